The van der Waals surface area contributed by atoms with E-state index in [-0.39, 0.29) is 24.5 Å². The highest BCUT2D eigenvalue weighted by atomic mass is 16.6. The molecule has 0 amide bonds. The first kappa shape index (κ1) is 16.2. The molecule has 0 spiro atoms. The van der Waals surface area contributed by atoms with Crippen LogP contribution in [0.2, 0.25) is 0 Å². The molecule has 118 valence electrons. The van der Waals surface area contributed by atoms with Crippen molar-refractivity contribution in [2.75, 3.05) is 13.2 Å². The lowest BCUT2D eigenvalue weighted by Gasteiger charge is -2.06. The Kier molecular flexibility index (Phi) is 5.40. The zero-order valence-corrected chi connectivity index (χ0v) is 12.0. The second kappa shape index (κ2) is 7.69. The highest BCUT2D eigenvalue weighted by molar-refractivity contribution is 5.90. The molecule has 2 rings (SSSR count). The summed E-state index contributed by atoms with van der Waals surface area (Å²) >= 11 is 0. The largest absolute Gasteiger partial charge is 0.458 e. The second-order valence-corrected chi connectivity index (χ2v) is 4.45. The van der Waals surface area contributed by atoms with Crippen molar-refractivity contribution in [1.82, 2.24) is 0 Å². The van der Waals surface area contributed by atoms with E-state index in [1.165, 1.54) is 18.2 Å². The standard InChI is InChI=1S/C16H13NO6/c18-15(12-5-2-1-3-6-12)22-9-10-23-16(19)13-7-4-8-14(11-13)17(20)21/h1-8,11H,9-10H2. The van der Waals surface area contributed by atoms with Crippen LogP contribution in [0.1, 0.15) is 20.7 Å². The lowest BCUT2D eigenvalue weighted by molar-refractivity contribution is -0.384. The van der Waals surface area contributed by atoms with Crippen LogP contribution in [-0.2, 0) is 9.47 Å². The highest BCUT2D eigenvalue weighted by Gasteiger charge is 2.13. The van der Waals surface area contributed by atoms with Crippen LogP contribution in [0.4, 0.5) is 5.69 Å². The number of esters is 2. The van der Waals surface area contributed by atoms with E-state index in [4.69, 9.17) is 9.47 Å². The molecule has 0 radical (unpaired) electrons. The monoisotopic (exact) mass is 315 g/mol. The SMILES string of the molecule is O=C(OCCOC(=O)c1cccc([N+](=O)[O-])c1)c1ccccc1. The van der Waals surface area contributed by atoms with Gasteiger partial charge in [-0.3, -0.25) is 10.1 Å². The number of hydrogen-bond donors (Lipinski definition) is 0. The van der Waals surface area contributed by atoms with Crippen LogP contribution in [0.25, 0.3) is 0 Å². The summed E-state index contributed by atoms with van der Waals surface area (Å²) in [5.74, 6) is -1.23. The fourth-order valence-corrected chi connectivity index (χ4v) is 1.76. The van der Waals surface area contributed by atoms with Gasteiger partial charge in [0, 0.05) is 12.1 Å². The van der Waals surface area contributed by atoms with Crippen molar-refractivity contribution in [3.05, 3.63) is 75.8 Å². The molecule has 7 heteroatoms. The molecule has 23 heavy (non-hydrogen) atoms. The maximum atomic E-state index is 11.7. The number of nitrogens with zero attached hydrogens (tertiary/aromatic N) is 1. The minimum Gasteiger partial charge on any atom is -0.458 e. The van der Waals surface area contributed by atoms with Crippen LogP contribution in [-0.4, -0.2) is 30.1 Å². The Morgan fingerprint density at radius 3 is 2.04 bits per heavy atom. The van der Waals surface area contributed by atoms with Crippen LogP contribution in [0.5, 0.6) is 0 Å². The predicted octanol–water partition coefficient (Wildman–Crippen LogP) is 2.61. The molecular weight excluding hydrogens is 302 g/mol. The fraction of sp³-hybridized carbons (Fsp3) is 0.125. The van der Waals surface area contributed by atoms with Gasteiger partial charge in [-0.25, -0.2) is 9.59 Å². The maximum absolute atomic E-state index is 11.7. The first-order chi connectivity index (χ1) is 11.1. The average molecular weight is 315 g/mol. The van der Waals surface area contributed by atoms with Gasteiger partial charge in [0.15, 0.2) is 0 Å². The summed E-state index contributed by atoms with van der Waals surface area (Å²) in [6.07, 6.45) is 0. The number of hydrogen-bond acceptors (Lipinski definition) is 6. The summed E-state index contributed by atoms with van der Waals surface area (Å²) in [6, 6.07) is 13.6. The van der Waals surface area contributed by atoms with E-state index in [9.17, 15) is 19.7 Å². The van der Waals surface area contributed by atoms with Gasteiger partial charge < -0.3 is 9.47 Å². The van der Waals surface area contributed by atoms with Crippen LogP contribution in [0.15, 0.2) is 54.6 Å². The zero-order chi connectivity index (χ0) is 16.7. The minimum atomic E-state index is -0.718. The Balaban J connectivity index is 1.80. The van der Waals surface area contributed by atoms with Gasteiger partial charge in [-0.1, -0.05) is 24.3 Å². The number of nitro benzene ring substituents is 1. The predicted molar refractivity (Wildman–Crippen MR) is 80.1 cm³/mol. The summed E-state index contributed by atoms with van der Waals surface area (Å²) in [5, 5.41) is 10.6. The Morgan fingerprint density at radius 2 is 1.43 bits per heavy atom. The van der Waals surface area contributed by atoms with Crippen LogP contribution < -0.4 is 0 Å². The Bertz CT molecular complexity index is 714. The molecule has 7 nitrogen and oxygen atoms in total. The first-order valence-electron chi connectivity index (χ1n) is 6.71. The molecule has 0 aliphatic rings. The number of non-ortho nitro benzene ring substituents is 1. The molecule has 0 aromatic heterocycles. The van der Waals surface area contributed by atoms with Gasteiger partial charge in [-0.15, -0.1) is 0 Å². The summed E-state index contributed by atoms with van der Waals surface area (Å²) in [5.41, 5.74) is 0.265. The van der Waals surface area contributed by atoms with Gasteiger partial charge >= 0.3 is 11.9 Å². The normalized spacial score (nSPS) is 9.91. The third-order valence-corrected chi connectivity index (χ3v) is 2.85. The Hall–Kier alpha value is -3.22. The zero-order valence-electron chi connectivity index (χ0n) is 12.0. The third kappa shape index (κ3) is 4.63. The Labute approximate surface area is 131 Å². The van der Waals surface area contributed by atoms with E-state index in [1.807, 2.05) is 0 Å². The topological polar surface area (TPSA) is 95.7 Å². The first-order valence-corrected chi connectivity index (χ1v) is 6.71. The summed E-state index contributed by atoms with van der Waals surface area (Å²) < 4.78 is 9.86. The molecule has 0 unspecified atom stereocenters. The van der Waals surface area contributed by atoms with Crippen molar-refractivity contribution in [1.29, 1.82) is 0 Å². The minimum absolute atomic E-state index is 0.0635. The molecule has 2 aromatic rings. The van der Waals surface area contributed by atoms with Crippen molar-refractivity contribution in [2.24, 2.45) is 0 Å². The molecule has 0 heterocycles. The molecule has 0 atom stereocenters. The van der Waals surface area contributed by atoms with E-state index in [0.29, 0.717) is 5.56 Å². The third-order valence-electron chi connectivity index (χ3n) is 2.85. The van der Waals surface area contributed by atoms with Crippen LogP contribution >= 0.6 is 0 Å². The molecular formula is C16H13NO6. The molecule has 0 fully saturated rings. The van der Waals surface area contributed by atoms with Gasteiger partial charge in [-0.2, -0.15) is 0 Å². The van der Waals surface area contributed by atoms with E-state index in [0.717, 1.165) is 6.07 Å². The number of rotatable bonds is 6. The van der Waals surface area contributed by atoms with Gasteiger partial charge in [-0.05, 0) is 18.2 Å². The maximum Gasteiger partial charge on any atom is 0.338 e. The molecule has 2 aromatic carbocycles. The number of ether oxygens (including phenoxy) is 2. The molecule has 0 aliphatic carbocycles. The van der Waals surface area contributed by atoms with Gasteiger partial charge in [0.2, 0.25) is 0 Å². The molecule has 0 N–H and O–H groups in total. The summed E-state index contributed by atoms with van der Waals surface area (Å²) in [7, 11) is 0. The Morgan fingerprint density at radius 1 is 0.870 bits per heavy atom. The van der Waals surface area contributed by atoms with Gasteiger partial charge in [0.05, 0.1) is 16.1 Å². The van der Waals surface area contributed by atoms with Crippen LogP contribution in [0.3, 0.4) is 0 Å². The highest BCUT2D eigenvalue weighted by Crippen LogP contribution is 2.13. The smallest absolute Gasteiger partial charge is 0.338 e. The van der Waals surface area contributed by atoms with Gasteiger partial charge in [0.25, 0.3) is 5.69 Å². The lowest BCUT2D eigenvalue weighted by Crippen LogP contribution is -2.14. The number of nitro groups is 1. The van der Waals surface area contributed by atoms with Crippen molar-refractivity contribution < 1.29 is 24.0 Å². The average Bonchev–Trinajstić information content (AvgIpc) is 2.59. The van der Waals surface area contributed by atoms with E-state index in [2.05, 4.69) is 0 Å². The number of benzene rings is 2. The van der Waals surface area contributed by atoms with Gasteiger partial charge in [0.1, 0.15) is 13.2 Å². The number of carbonyl (C=O) groups excluding carboxylic acids is 2. The van der Waals surface area contributed by atoms with Crippen molar-refractivity contribution in [2.45, 2.75) is 0 Å². The quantitative estimate of drug-likeness (QED) is 0.352. The van der Waals surface area contributed by atoms with E-state index in [1.54, 1.807) is 30.3 Å². The fourth-order valence-electron chi connectivity index (χ4n) is 1.76. The van der Waals surface area contributed by atoms with E-state index < -0.39 is 16.9 Å². The van der Waals surface area contributed by atoms with Crippen molar-refractivity contribution >= 4 is 17.6 Å². The molecule has 0 saturated heterocycles. The van der Waals surface area contributed by atoms with Crippen molar-refractivity contribution in [3.63, 3.8) is 0 Å². The second-order valence-electron chi connectivity index (χ2n) is 4.45. The number of carbonyl (C=O) groups is 2. The molecule has 0 bridgehead atoms. The van der Waals surface area contributed by atoms with E-state index >= 15 is 0 Å². The lowest BCUT2D eigenvalue weighted by atomic mass is 10.2. The summed E-state index contributed by atoms with van der Waals surface area (Å²) in [4.78, 5) is 33.4. The molecule has 0 aliphatic heterocycles. The summed E-state index contributed by atoms with van der Waals surface area (Å²) in [6.45, 7) is -0.242. The molecule has 0 saturated carbocycles. The van der Waals surface area contributed by atoms with Crippen molar-refractivity contribution in [3.8, 4) is 0 Å². The van der Waals surface area contributed by atoms with Crippen LogP contribution in [0, 0.1) is 10.1 Å².